The Labute approximate surface area is 128 Å². The summed E-state index contributed by atoms with van der Waals surface area (Å²) in [5, 5.41) is 8.97. The Hall–Kier alpha value is -2.69. The van der Waals surface area contributed by atoms with Crippen LogP contribution in [-0.4, -0.2) is 24.3 Å². The molecular formula is C17H17NO4. The molecule has 0 spiro atoms. The van der Waals surface area contributed by atoms with Crippen LogP contribution in [0.4, 0.5) is 5.69 Å². The summed E-state index contributed by atoms with van der Waals surface area (Å²) >= 11 is 0. The van der Waals surface area contributed by atoms with Crippen molar-refractivity contribution < 1.29 is 19.4 Å². The van der Waals surface area contributed by atoms with Crippen LogP contribution in [0.5, 0.6) is 11.5 Å². The van der Waals surface area contributed by atoms with Crippen molar-refractivity contribution in [3.05, 3.63) is 53.1 Å². The summed E-state index contributed by atoms with van der Waals surface area (Å²) in [6.07, 6.45) is 1.60. The van der Waals surface area contributed by atoms with Crippen molar-refractivity contribution in [3.63, 3.8) is 0 Å². The summed E-state index contributed by atoms with van der Waals surface area (Å²) in [7, 11) is 0. The Bertz CT molecular complexity index is 712. The van der Waals surface area contributed by atoms with Crippen molar-refractivity contribution in [2.75, 3.05) is 18.9 Å². The maximum atomic E-state index is 10.9. The van der Waals surface area contributed by atoms with Crippen LogP contribution in [0.25, 0.3) is 0 Å². The number of aryl methyl sites for hydroxylation is 2. The monoisotopic (exact) mass is 299 g/mol. The number of carboxylic acid groups (broad SMARTS) is 1. The van der Waals surface area contributed by atoms with E-state index in [1.54, 1.807) is 18.2 Å². The molecule has 5 heteroatoms. The second-order valence-electron chi connectivity index (χ2n) is 5.20. The van der Waals surface area contributed by atoms with Gasteiger partial charge in [-0.25, -0.2) is 4.79 Å². The van der Waals surface area contributed by atoms with E-state index in [1.165, 1.54) is 0 Å². The molecule has 2 aromatic rings. The van der Waals surface area contributed by atoms with Crippen LogP contribution in [0.1, 0.15) is 21.5 Å². The van der Waals surface area contributed by atoms with Gasteiger partial charge in [0.1, 0.15) is 13.2 Å². The highest BCUT2D eigenvalue weighted by atomic mass is 16.6. The quantitative estimate of drug-likeness (QED) is 0.848. The number of carbonyl (C=O) groups is 1. The smallest absolute Gasteiger partial charge is 0.337 e. The van der Waals surface area contributed by atoms with Crippen LogP contribution in [0.15, 0.2) is 36.4 Å². The van der Waals surface area contributed by atoms with Crippen molar-refractivity contribution in [3.8, 4) is 11.5 Å². The van der Waals surface area contributed by atoms with Gasteiger partial charge in [-0.2, -0.15) is 0 Å². The molecular weight excluding hydrogens is 282 g/mol. The first-order valence-electron chi connectivity index (χ1n) is 7.14. The van der Waals surface area contributed by atoms with E-state index in [0.29, 0.717) is 18.9 Å². The van der Waals surface area contributed by atoms with E-state index < -0.39 is 5.97 Å². The topological polar surface area (TPSA) is 81.8 Å². The number of anilines is 1. The molecule has 1 heterocycles. The molecule has 0 saturated heterocycles. The summed E-state index contributed by atoms with van der Waals surface area (Å²) in [5.41, 5.74) is 8.36. The number of rotatable bonds is 4. The van der Waals surface area contributed by atoms with Crippen LogP contribution >= 0.6 is 0 Å². The second kappa shape index (κ2) is 5.97. The molecule has 3 N–H and O–H groups in total. The summed E-state index contributed by atoms with van der Waals surface area (Å²) in [4.78, 5) is 10.9. The van der Waals surface area contributed by atoms with Crippen molar-refractivity contribution in [2.24, 2.45) is 0 Å². The maximum Gasteiger partial charge on any atom is 0.337 e. The van der Waals surface area contributed by atoms with Gasteiger partial charge in [0.05, 0.1) is 5.56 Å². The molecule has 3 rings (SSSR count). The molecule has 114 valence electrons. The molecule has 2 aromatic carbocycles. The van der Waals surface area contributed by atoms with Crippen molar-refractivity contribution in [1.29, 1.82) is 0 Å². The lowest BCUT2D eigenvalue weighted by molar-refractivity contribution is 0.0698. The summed E-state index contributed by atoms with van der Waals surface area (Å²) in [6, 6.07) is 11.0. The summed E-state index contributed by atoms with van der Waals surface area (Å²) in [5.74, 6) is 0.561. The molecule has 0 atom stereocenters. The molecule has 22 heavy (non-hydrogen) atoms. The van der Waals surface area contributed by atoms with Gasteiger partial charge in [0, 0.05) is 5.69 Å². The first kappa shape index (κ1) is 14.3. The fourth-order valence-corrected chi connectivity index (χ4v) is 2.49. The Morgan fingerprint density at radius 3 is 2.32 bits per heavy atom. The first-order valence-corrected chi connectivity index (χ1v) is 7.14. The maximum absolute atomic E-state index is 10.9. The van der Waals surface area contributed by atoms with Crippen molar-refractivity contribution in [1.82, 2.24) is 0 Å². The number of nitrogens with two attached hydrogens (primary N) is 1. The number of hydrogen-bond donors (Lipinski definition) is 2. The number of nitrogen functional groups attached to an aromatic ring is 1. The molecule has 1 aliphatic rings. The highest BCUT2D eigenvalue weighted by Crippen LogP contribution is 2.31. The van der Waals surface area contributed by atoms with Crippen LogP contribution < -0.4 is 15.2 Å². The number of aromatic carboxylic acids is 1. The summed E-state index contributed by atoms with van der Waals surface area (Å²) in [6.45, 7) is 1.16. The van der Waals surface area contributed by atoms with Crippen molar-refractivity contribution >= 4 is 11.7 Å². The number of ether oxygens (including phenoxy) is 2. The highest BCUT2D eigenvalue weighted by molar-refractivity contribution is 5.93. The molecule has 0 unspecified atom stereocenters. The average Bonchev–Trinajstić information content (AvgIpc) is 2.52. The lowest BCUT2D eigenvalue weighted by Crippen LogP contribution is -2.15. The molecule has 0 aromatic heterocycles. The average molecular weight is 299 g/mol. The zero-order valence-corrected chi connectivity index (χ0v) is 12.0. The minimum Gasteiger partial charge on any atom is -0.486 e. The Kier molecular flexibility index (Phi) is 3.87. The Balaban J connectivity index is 1.70. The fraction of sp³-hybridized carbons (Fsp3) is 0.235. The molecule has 1 aliphatic heterocycles. The van der Waals surface area contributed by atoms with Gasteiger partial charge in [0.15, 0.2) is 11.5 Å². The molecule has 0 saturated carbocycles. The SMILES string of the molecule is Nc1cc(CCc2ccc3c(c2)OCCO3)ccc1C(=O)O. The van der Waals surface area contributed by atoms with Gasteiger partial charge in [-0.3, -0.25) is 0 Å². The number of hydrogen-bond acceptors (Lipinski definition) is 4. The zero-order chi connectivity index (χ0) is 15.5. The van der Waals surface area contributed by atoms with E-state index in [9.17, 15) is 4.79 Å². The van der Waals surface area contributed by atoms with Gasteiger partial charge >= 0.3 is 5.97 Å². The minimum atomic E-state index is -1.00. The van der Waals surface area contributed by atoms with Crippen molar-refractivity contribution in [2.45, 2.75) is 12.8 Å². The number of fused-ring (bicyclic) bond motifs is 1. The summed E-state index contributed by atoms with van der Waals surface area (Å²) < 4.78 is 11.1. The molecule has 0 radical (unpaired) electrons. The fourth-order valence-electron chi connectivity index (χ4n) is 2.49. The van der Waals surface area contributed by atoms with E-state index in [1.807, 2.05) is 18.2 Å². The predicted octanol–water partition coefficient (Wildman–Crippen LogP) is 2.52. The third-order valence-electron chi connectivity index (χ3n) is 3.66. The van der Waals surface area contributed by atoms with Crippen LogP contribution in [0.2, 0.25) is 0 Å². The van der Waals surface area contributed by atoms with E-state index in [0.717, 1.165) is 35.5 Å². The molecule has 0 amide bonds. The normalized spacial score (nSPS) is 12.9. The first-order chi connectivity index (χ1) is 10.6. The standard InChI is InChI=1S/C17H17NO4/c18-14-9-11(3-5-13(14)17(19)20)1-2-12-4-6-15-16(10-12)22-8-7-21-15/h3-6,9-10H,1-2,7-8,18H2,(H,19,20). The van der Waals surface area contributed by atoms with Gasteiger partial charge in [0.2, 0.25) is 0 Å². The predicted molar refractivity (Wildman–Crippen MR) is 82.7 cm³/mol. The molecule has 0 bridgehead atoms. The third kappa shape index (κ3) is 2.98. The Morgan fingerprint density at radius 2 is 1.64 bits per heavy atom. The van der Waals surface area contributed by atoms with Gasteiger partial charge in [-0.05, 0) is 48.2 Å². The number of benzene rings is 2. The lowest BCUT2D eigenvalue weighted by Gasteiger charge is -2.18. The molecule has 0 fully saturated rings. The van der Waals surface area contributed by atoms with Crippen LogP contribution in [0, 0.1) is 0 Å². The molecule has 0 aliphatic carbocycles. The lowest BCUT2D eigenvalue weighted by atomic mass is 10.0. The van der Waals surface area contributed by atoms with Crippen LogP contribution in [-0.2, 0) is 12.8 Å². The van der Waals surface area contributed by atoms with E-state index in [4.69, 9.17) is 20.3 Å². The Morgan fingerprint density at radius 1 is 1.00 bits per heavy atom. The van der Waals surface area contributed by atoms with E-state index >= 15 is 0 Å². The third-order valence-corrected chi connectivity index (χ3v) is 3.66. The minimum absolute atomic E-state index is 0.142. The van der Waals surface area contributed by atoms with Gasteiger partial charge < -0.3 is 20.3 Å². The van der Waals surface area contributed by atoms with Gasteiger partial charge in [-0.15, -0.1) is 0 Å². The zero-order valence-electron chi connectivity index (χ0n) is 12.0. The second-order valence-corrected chi connectivity index (χ2v) is 5.20. The largest absolute Gasteiger partial charge is 0.486 e. The van der Waals surface area contributed by atoms with Gasteiger partial charge in [-0.1, -0.05) is 12.1 Å². The number of carboxylic acids is 1. The van der Waals surface area contributed by atoms with Gasteiger partial charge in [0.25, 0.3) is 0 Å². The highest BCUT2D eigenvalue weighted by Gasteiger charge is 2.12. The molecule has 5 nitrogen and oxygen atoms in total. The van der Waals surface area contributed by atoms with E-state index in [-0.39, 0.29) is 5.56 Å². The van der Waals surface area contributed by atoms with E-state index in [2.05, 4.69) is 0 Å². The van der Waals surface area contributed by atoms with Crippen LogP contribution in [0.3, 0.4) is 0 Å².